The van der Waals surface area contributed by atoms with Crippen molar-refractivity contribution in [3.05, 3.63) is 36.7 Å². The molecule has 0 saturated carbocycles. The van der Waals surface area contributed by atoms with Crippen molar-refractivity contribution in [3.8, 4) is 0 Å². The Balaban J connectivity index is 2.34. The Morgan fingerprint density at radius 1 is 1.32 bits per heavy atom. The van der Waals surface area contributed by atoms with Gasteiger partial charge in [-0.3, -0.25) is 9.78 Å². The van der Waals surface area contributed by atoms with Gasteiger partial charge in [-0.1, -0.05) is 26.0 Å². The van der Waals surface area contributed by atoms with Gasteiger partial charge in [0.2, 0.25) is 5.91 Å². The Morgan fingerprint density at radius 3 is 2.74 bits per heavy atom. The predicted molar refractivity (Wildman–Crippen MR) is 77.9 cm³/mol. The third-order valence-electron chi connectivity index (χ3n) is 3.65. The molecule has 0 unspecified atom stereocenters. The average Bonchev–Trinajstić information content (AvgIpc) is 2.46. The maximum atomic E-state index is 12.3. The molecule has 1 heterocycles. The van der Waals surface area contributed by atoms with Crippen LogP contribution in [0.1, 0.15) is 26.7 Å². The standard InChI is InChI=1S/C15H19N3O/c1-3-15(16,4-2)14(19)18-13-7-5-6-11-8-9-17-10-12(11)13/h5-10H,3-4,16H2,1-2H3,(H,18,19). The molecule has 19 heavy (non-hydrogen) atoms. The van der Waals surface area contributed by atoms with Gasteiger partial charge in [-0.15, -0.1) is 0 Å². The van der Waals surface area contributed by atoms with Gasteiger partial charge in [-0.25, -0.2) is 0 Å². The Hall–Kier alpha value is -1.94. The number of amides is 1. The van der Waals surface area contributed by atoms with E-state index in [9.17, 15) is 4.79 Å². The molecule has 4 heteroatoms. The molecule has 0 aliphatic rings. The maximum absolute atomic E-state index is 12.3. The number of fused-ring (bicyclic) bond motifs is 1. The van der Waals surface area contributed by atoms with E-state index in [0.29, 0.717) is 12.8 Å². The first kappa shape index (κ1) is 13.5. The Kier molecular flexibility index (Phi) is 3.81. The maximum Gasteiger partial charge on any atom is 0.244 e. The van der Waals surface area contributed by atoms with E-state index < -0.39 is 5.54 Å². The highest BCUT2D eigenvalue weighted by molar-refractivity contribution is 6.05. The van der Waals surface area contributed by atoms with Crippen molar-refractivity contribution in [1.29, 1.82) is 0 Å². The number of aromatic nitrogens is 1. The number of hydrogen-bond donors (Lipinski definition) is 2. The molecule has 0 aliphatic carbocycles. The van der Waals surface area contributed by atoms with Crippen molar-refractivity contribution in [1.82, 2.24) is 4.98 Å². The summed E-state index contributed by atoms with van der Waals surface area (Å²) in [4.78, 5) is 16.4. The molecule has 2 aromatic rings. The Bertz CT molecular complexity index is 585. The summed E-state index contributed by atoms with van der Waals surface area (Å²) in [5.74, 6) is -0.145. The Morgan fingerprint density at radius 2 is 2.05 bits per heavy atom. The highest BCUT2D eigenvalue weighted by Gasteiger charge is 2.30. The van der Waals surface area contributed by atoms with Crippen molar-refractivity contribution >= 4 is 22.4 Å². The fourth-order valence-electron chi connectivity index (χ4n) is 2.04. The number of rotatable bonds is 4. The molecule has 1 aromatic carbocycles. The smallest absolute Gasteiger partial charge is 0.244 e. The molecule has 0 fully saturated rings. The number of carbonyl (C=O) groups is 1. The van der Waals surface area contributed by atoms with Gasteiger partial charge in [-0.2, -0.15) is 0 Å². The number of anilines is 1. The lowest BCUT2D eigenvalue weighted by molar-refractivity contribution is -0.121. The van der Waals surface area contributed by atoms with Crippen LogP contribution in [0.2, 0.25) is 0 Å². The lowest BCUT2D eigenvalue weighted by atomic mass is 9.93. The molecule has 1 aromatic heterocycles. The van der Waals surface area contributed by atoms with E-state index in [1.807, 2.05) is 38.1 Å². The first-order chi connectivity index (χ1) is 9.10. The summed E-state index contributed by atoms with van der Waals surface area (Å²) in [5.41, 5.74) is 6.05. The van der Waals surface area contributed by atoms with Crippen LogP contribution < -0.4 is 11.1 Å². The molecule has 0 bridgehead atoms. The molecule has 0 aliphatic heterocycles. The predicted octanol–water partition coefficient (Wildman–Crippen LogP) is 2.69. The minimum Gasteiger partial charge on any atom is -0.324 e. The average molecular weight is 257 g/mol. The second kappa shape index (κ2) is 5.36. The van der Waals surface area contributed by atoms with Crippen molar-refractivity contribution in [3.63, 3.8) is 0 Å². The number of pyridine rings is 1. The van der Waals surface area contributed by atoms with Gasteiger partial charge in [-0.05, 0) is 30.4 Å². The van der Waals surface area contributed by atoms with Gasteiger partial charge < -0.3 is 11.1 Å². The van der Waals surface area contributed by atoms with Crippen molar-refractivity contribution in [2.24, 2.45) is 5.73 Å². The number of carbonyl (C=O) groups excluding carboxylic acids is 1. The summed E-state index contributed by atoms with van der Waals surface area (Å²) in [5, 5.41) is 4.89. The molecule has 4 nitrogen and oxygen atoms in total. The van der Waals surface area contributed by atoms with Crippen LogP contribution >= 0.6 is 0 Å². The second-order valence-corrected chi connectivity index (χ2v) is 4.72. The Labute approximate surface area is 113 Å². The van der Waals surface area contributed by atoms with Gasteiger partial charge in [0.25, 0.3) is 0 Å². The van der Waals surface area contributed by atoms with E-state index in [1.54, 1.807) is 12.4 Å². The van der Waals surface area contributed by atoms with E-state index in [4.69, 9.17) is 5.73 Å². The first-order valence-electron chi connectivity index (χ1n) is 6.54. The molecule has 0 spiro atoms. The summed E-state index contributed by atoms with van der Waals surface area (Å²) >= 11 is 0. The third kappa shape index (κ3) is 2.58. The topological polar surface area (TPSA) is 68.0 Å². The lowest BCUT2D eigenvalue weighted by Crippen LogP contribution is -2.50. The van der Waals surface area contributed by atoms with Crippen molar-refractivity contribution in [2.75, 3.05) is 5.32 Å². The van der Waals surface area contributed by atoms with Crippen LogP contribution in [0, 0.1) is 0 Å². The van der Waals surface area contributed by atoms with Crippen LogP contribution in [0.25, 0.3) is 10.8 Å². The zero-order valence-corrected chi connectivity index (χ0v) is 11.3. The first-order valence-corrected chi connectivity index (χ1v) is 6.54. The largest absolute Gasteiger partial charge is 0.324 e. The fraction of sp³-hybridized carbons (Fsp3) is 0.333. The lowest BCUT2D eigenvalue weighted by Gasteiger charge is -2.25. The number of nitrogens with two attached hydrogens (primary N) is 1. The van der Waals surface area contributed by atoms with E-state index in [1.165, 1.54) is 0 Å². The second-order valence-electron chi connectivity index (χ2n) is 4.72. The number of benzene rings is 1. The summed E-state index contributed by atoms with van der Waals surface area (Å²) in [7, 11) is 0. The highest BCUT2D eigenvalue weighted by Crippen LogP contribution is 2.23. The van der Waals surface area contributed by atoms with Gasteiger partial charge in [0, 0.05) is 17.8 Å². The van der Waals surface area contributed by atoms with Crippen LogP contribution in [0.3, 0.4) is 0 Å². The van der Waals surface area contributed by atoms with Gasteiger partial charge in [0.1, 0.15) is 0 Å². The van der Waals surface area contributed by atoms with E-state index in [-0.39, 0.29) is 5.91 Å². The SMILES string of the molecule is CCC(N)(CC)C(=O)Nc1cccc2ccncc12. The van der Waals surface area contributed by atoms with Gasteiger partial charge in [0.15, 0.2) is 0 Å². The summed E-state index contributed by atoms with van der Waals surface area (Å²) in [6, 6.07) is 7.68. The quantitative estimate of drug-likeness (QED) is 0.884. The van der Waals surface area contributed by atoms with E-state index >= 15 is 0 Å². The molecule has 0 radical (unpaired) electrons. The van der Waals surface area contributed by atoms with Crippen LogP contribution in [-0.4, -0.2) is 16.4 Å². The van der Waals surface area contributed by atoms with Gasteiger partial charge >= 0.3 is 0 Å². The third-order valence-corrected chi connectivity index (χ3v) is 3.65. The molecule has 2 rings (SSSR count). The summed E-state index contributed by atoms with van der Waals surface area (Å²) in [6.07, 6.45) is 4.71. The molecular formula is C15H19N3O. The molecule has 3 N–H and O–H groups in total. The van der Waals surface area contributed by atoms with Crippen LogP contribution in [-0.2, 0) is 4.79 Å². The molecule has 0 saturated heterocycles. The van der Waals surface area contributed by atoms with E-state index in [0.717, 1.165) is 16.5 Å². The van der Waals surface area contributed by atoms with Crippen LogP contribution in [0.4, 0.5) is 5.69 Å². The van der Waals surface area contributed by atoms with Crippen molar-refractivity contribution in [2.45, 2.75) is 32.2 Å². The summed E-state index contributed by atoms with van der Waals surface area (Å²) < 4.78 is 0. The molecule has 0 atom stereocenters. The minimum atomic E-state index is -0.815. The van der Waals surface area contributed by atoms with E-state index in [2.05, 4.69) is 10.3 Å². The number of nitrogens with zero attached hydrogens (tertiary/aromatic N) is 1. The fourth-order valence-corrected chi connectivity index (χ4v) is 2.04. The van der Waals surface area contributed by atoms with Gasteiger partial charge in [0.05, 0.1) is 11.2 Å². The van der Waals surface area contributed by atoms with Crippen molar-refractivity contribution < 1.29 is 4.79 Å². The molecule has 100 valence electrons. The normalized spacial score (nSPS) is 11.5. The zero-order chi connectivity index (χ0) is 13.9. The monoisotopic (exact) mass is 257 g/mol. The van der Waals surface area contributed by atoms with Crippen LogP contribution in [0.5, 0.6) is 0 Å². The molecule has 1 amide bonds. The number of nitrogens with one attached hydrogen (secondary N) is 1. The van der Waals surface area contributed by atoms with Crippen LogP contribution in [0.15, 0.2) is 36.7 Å². The molecular weight excluding hydrogens is 238 g/mol. The minimum absolute atomic E-state index is 0.145. The number of hydrogen-bond acceptors (Lipinski definition) is 3. The highest BCUT2D eigenvalue weighted by atomic mass is 16.2. The summed E-state index contributed by atoms with van der Waals surface area (Å²) in [6.45, 7) is 3.85. The zero-order valence-electron chi connectivity index (χ0n) is 11.3.